The number of aryl methyl sites for hydroxylation is 1. The highest BCUT2D eigenvalue weighted by Crippen LogP contribution is 2.32. The van der Waals surface area contributed by atoms with Crippen LogP contribution in [0.2, 0.25) is 0 Å². The second-order valence-electron chi connectivity index (χ2n) is 5.74. The molecule has 1 aliphatic carbocycles. The number of aliphatic hydroxyl groups is 1. The number of thioether (sulfide) groups is 1. The minimum atomic E-state index is -0.589. The van der Waals surface area contributed by atoms with Gasteiger partial charge >= 0.3 is 0 Å². The van der Waals surface area contributed by atoms with Gasteiger partial charge in [-0.3, -0.25) is 0 Å². The van der Waals surface area contributed by atoms with Crippen LogP contribution in [0.15, 0.2) is 53.7 Å². The van der Waals surface area contributed by atoms with Gasteiger partial charge in [-0.25, -0.2) is 0 Å². The van der Waals surface area contributed by atoms with E-state index < -0.39 is 6.10 Å². The minimum Gasteiger partial charge on any atom is -0.618 e. The van der Waals surface area contributed by atoms with Gasteiger partial charge in [-0.05, 0) is 36.5 Å². The molecule has 1 aliphatic rings. The second kappa shape index (κ2) is 7.81. The van der Waals surface area contributed by atoms with Gasteiger partial charge in [0, 0.05) is 17.9 Å². The molecule has 0 radical (unpaired) electrons. The molecule has 2 aromatic rings. The summed E-state index contributed by atoms with van der Waals surface area (Å²) in [4.78, 5) is 0. The number of fused-ring (bicyclic) bond motifs is 1. The Morgan fingerprint density at radius 1 is 1.26 bits per heavy atom. The van der Waals surface area contributed by atoms with Gasteiger partial charge in [-0.15, -0.1) is 0 Å². The van der Waals surface area contributed by atoms with E-state index in [4.69, 9.17) is 4.74 Å². The van der Waals surface area contributed by atoms with Gasteiger partial charge in [0.15, 0.2) is 6.20 Å². The zero-order valence-electron chi connectivity index (χ0n) is 12.9. The van der Waals surface area contributed by atoms with Gasteiger partial charge in [0.1, 0.15) is 0 Å². The molecule has 23 heavy (non-hydrogen) atoms. The van der Waals surface area contributed by atoms with E-state index in [0.717, 1.165) is 24.0 Å². The number of hydrogen-bond acceptors (Lipinski definition) is 4. The molecule has 0 fully saturated rings. The first-order valence-corrected chi connectivity index (χ1v) is 8.91. The highest BCUT2D eigenvalue weighted by atomic mass is 32.2. The number of aromatic nitrogens is 1. The molecule has 0 saturated carbocycles. The summed E-state index contributed by atoms with van der Waals surface area (Å²) in [5.74, 6) is 0.445. The quantitative estimate of drug-likeness (QED) is 0.502. The average molecular weight is 331 g/mol. The maximum absolute atomic E-state index is 11.6. The lowest BCUT2D eigenvalue weighted by Crippen LogP contribution is -2.29. The number of aliphatic hydroxyl groups excluding tert-OH is 1. The van der Waals surface area contributed by atoms with Crippen LogP contribution in [0, 0.1) is 5.21 Å². The van der Waals surface area contributed by atoms with E-state index >= 15 is 0 Å². The van der Waals surface area contributed by atoms with Gasteiger partial charge in [0.25, 0.3) is 5.03 Å². The molecule has 2 atom stereocenters. The predicted octanol–water partition coefficient (Wildman–Crippen LogP) is 2.87. The van der Waals surface area contributed by atoms with Crippen molar-refractivity contribution in [1.82, 2.24) is 0 Å². The monoisotopic (exact) mass is 331 g/mol. The molecule has 0 aliphatic heterocycles. The largest absolute Gasteiger partial charge is 0.618 e. The molecule has 1 aromatic heterocycles. The van der Waals surface area contributed by atoms with Gasteiger partial charge in [0.2, 0.25) is 0 Å². The van der Waals surface area contributed by atoms with Crippen LogP contribution in [0.25, 0.3) is 0 Å². The number of ether oxygens (including phenoxy) is 1. The Morgan fingerprint density at radius 2 is 2.09 bits per heavy atom. The normalized spacial score (nSPS) is 18.4. The number of nitrogens with zero attached hydrogens (tertiary/aromatic N) is 1. The van der Waals surface area contributed by atoms with E-state index in [0.29, 0.717) is 10.8 Å². The van der Waals surface area contributed by atoms with Gasteiger partial charge < -0.3 is 15.1 Å². The summed E-state index contributed by atoms with van der Waals surface area (Å²) in [5, 5.41) is 22.3. The fraction of sp³-hybridized carbons (Fsp3) is 0.389. The van der Waals surface area contributed by atoms with Gasteiger partial charge in [-0.1, -0.05) is 36.0 Å². The van der Waals surface area contributed by atoms with E-state index in [2.05, 4.69) is 18.2 Å². The molecule has 1 N–H and O–H groups in total. The Labute approximate surface area is 140 Å². The Hall–Kier alpha value is -1.56. The highest BCUT2D eigenvalue weighted by Gasteiger charge is 2.21. The molecule has 1 aromatic carbocycles. The van der Waals surface area contributed by atoms with Crippen molar-refractivity contribution in [3.05, 3.63) is 65.0 Å². The predicted molar refractivity (Wildman–Crippen MR) is 90.2 cm³/mol. The van der Waals surface area contributed by atoms with Crippen LogP contribution in [0.4, 0.5) is 0 Å². The summed E-state index contributed by atoms with van der Waals surface area (Å²) < 4.78 is 6.76. The van der Waals surface area contributed by atoms with Gasteiger partial charge in [-0.2, -0.15) is 4.73 Å². The fourth-order valence-electron chi connectivity index (χ4n) is 2.86. The summed E-state index contributed by atoms with van der Waals surface area (Å²) in [6.45, 7) is 0.289. The van der Waals surface area contributed by atoms with Crippen molar-refractivity contribution in [2.75, 3.05) is 12.4 Å². The zero-order chi connectivity index (χ0) is 16.1. The van der Waals surface area contributed by atoms with Crippen LogP contribution in [0.1, 0.15) is 30.1 Å². The molecule has 0 unspecified atom stereocenters. The van der Waals surface area contributed by atoms with E-state index in [1.165, 1.54) is 29.1 Å². The average Bonchev–Trinajstić information content (AvgIpc) is 2.59. The first-order chi connectivity index (χ1) is 11.2. The Bertz CT molecular complexity index is 650. The zero-order valence-corrected chi connectivity index (χ0v) is 13.7. The number of benzene rings is 1. The Morgan fingerprint density at radius 3 is 2.96 bits per heavy atom. The summed E-state index contributed by atoms with van der Waals surface area (Å²) in [6.07, 6.45) is 4.16. The first kappa shape index (κ1) is 16.3. The third kappa shape index (κ3) is 4.25. The standard InChI is InChI=1S/C18H21NO3S/c20-15(13-23-18-10-3-4-11-19(18)21)12-22-17-9-5-7-14-6-1-2-8-16(14)17/h1-4,6,8,10-11,15,17,20H,5,7,9,12-13H2/t15-,17+/m0/s1. The topological polar surface area (TPSA) is 56.4 Å². The van der Waals surface area contributed by atoms with Crippen molar-refractivity contribution in [3.63, 3.8) is 0 Å². The third-order valence-electron chi connectivity index (χ3n) is 4.02. The summed E-state index contributed by atoms with van der Waals surface area (Å²) >= 11 is 1.35. The van der Waals surface area contributed by atoms with Crippen LogP contribution >= 0.6 is 11.8 Å². The van der Waals surface area contributed by atoms with Crippen molar-refractivity contribution in [2.45, 2.75) is 36.5 Å². The molecule has 122 valence electrons. The lowest BCUT2D eigenvalue weighted by Gasteiger charge is -2.26. The molecule has 4 nitrogen and oxygen atoms in total. The maximum Gasteiger partial charge on any atom is 0.251 e. The van der Waals surface area contributed by atoms with Crippen molar-refractivity contribution >= 4 is 11.8 Å². The van der Waals surface area contributed by atoms with Gasteiger partial charge in [0.05, 0.1) is 18.8 Å². The van der Waals surface area contributed by atoms with E-state index in [1.54, 1.807) is 12.1 Å². The molecule has 0 spiro atoms. The van der Waals surface area contributed by atoms with E-state index in [1.807, 2.05) is 12.1 Å². The van der Waals surface area contributed by atoms with E-state index in [9.17, 15) is 10.3 Å². The Balaban J connectivity index is 1.50. The molecular formula is C18H21NO3S. The van der Waals surface area contributed by atoms with Crippen LogP contribution in [0.3, 0.4) is 0 Å². The molecule has 5 heteroatoms. The lowest BCUT2D eigenvalue weighted by molar-refractivity contribution is -0.645. The summed E-state index contributed by atoms with van der Waals surface area (Å²) in [5.41, 5.74) is 2.60. The van der Waals surface area contributed by atoms with Crippen molar-refractivity contribution in [2.24, 2.45) is 0 Å². The second-order valence-corrected chi connectivity index (χ2v) is 6.78. The third-order valence-corrected chi connectivity index (χ3v) is 5.18. The van der Waals surface area contributed by atoms with Crippen molar-refractivity contribution in [3.8, 4) is 0 Å². The molecule has 0 bridgehead atoms. The molecular weight excluding hydrogens is 310 g/mol. The minimum absolute atomic E-state index is 0.0702. The molecule has 0 amide bonds. The smallest absolute Gasteiger partial charge is 0.251 e. The molecule has 0 saturated heterocycles. The van der Waals surface area contributed by atoms with Crippen LogP contribution in [-0.2, 0) is 11.2 Å². The number of rotatable bonds is 6. The fourth-order valence-corrected chi connectivity index (χ4v) is 3.69. The highest BCUT2D eigenvalue weighted by molar-refractivity contribution is 7.99. The van der Waals surface area contributed by atoms with Crippen molar-refractivity contribution in [1.29, 1.82) is 0 Å². The first-order valence-electron chi connectivity index (χ1n) is 7.92. The molecule has 1 heterocycles. The summed E-state index contributed by atoms with van der Waals surface area (Å²) in [6, 6.07) is 13.6. The number of pyridine rings is 1. The lowest BCUT2D eigenvalue weighted by atomic mass is 9.89. The Kier molecular flexibility index (Phi) is 5.54. The molecule has 3 rings (SSSR count). The van der Waals surface area contributed by atoms with Crippen molar-refractivity contribution < 1.29 is 14.6 Å². The SMILES string of the molecule is [O-][n+]1ccccc1SC[C@@H](O)CO[C@@H]1CCCc2ccccc21. The maximum atomic E-state index is 11.6. The van der Waals surface area contributed by atoms with E-state index in [-0.39, 0.29) is 12.7 Å². The summed E-state index contributed by atoms with van der Waals surface area (Å²) in [7, 11) is 0. The number of hydrogen-bond donors (Lipinski definition) is 1. The van der Waals surface area contributed by atoms with Crippen LogP contribution in [0.5, 0.6) is 0 Å². The van der Waals surface area contributed by atoms with Crippen LogP contribution < -0.4 is 4.73 Å². The van der Waals surface area contributed by atoms with Crippen LogP contribution in [-0.4, -0.2) is 23.6 Å².